The minimum absolute atomic E-state index is 0.0988. The molecule has 0 amide bonds. The molecule has 1 unspecified atom stereocenters. The molecule has 82 valence electrons. The number of hydrogen-bond acceptors (Lipinski definition) is 3. The Labute approximate surface area is 86.1 Å². The van der Waals surface area contributed by atoms with Crippen LogP contribution in [-0.4, -0.2) is 22.2 Å². The van der Waals surface area contributed by atoms with Gasteiger partial charge in [-0.3, -0.25) is 4.79 Å². The van der Waals surface area contributed by atoms with Crippen molar-refractivity contribution in [1.29, 1.82) is 0 Å². The number of aromatic hydroxyl groups is 1. The summed E-state index contributed by atoms with van der Waals surface area (Å²) < 4.78 is 13.1. The molecular weight excluding hydrogens is 201 g/mol. The van der Waals surface area contributed by atoms with Gasteiger partial charge in [0.15, 0.2) is 0 Å². The third-order valence-electron chi connectivity index (χ3n) is 2.12. The largest absolute Gasteiger partial charge is 0.508 e. The van der Waals surface area contributed by atoms with Crippen LogP contribution in [0.2, 0.25) is 0 Å². The number of carboxylic acids is 1. The molecule has 1 aromatic carbocycles. The van der Waals surface area contributed by atoms with Crippen molar-refractivity contribution >= 4 is 5.97 Å². The number of phenolic OH excluding ortho intramolecular Hbond substituents is 1. The number of aliphatic carboxylic acids is 1. The highest BCUT2D eigenvalue weighted by Crippen LogP contribution is 2.22. The van der Waals surface area contributed by atoms with E-state index in [1.54, 1.807) is 0 Å². The molecule has 0 aliphatic heterocycles. The lowest BCUT2D eigenvalue weighted by molar-refractivity contribution is -0.138. The van der Waals surface area contributed by atoms with E-state index in [9.17, 15) is 14.3 Å². The number of benzene rings is 1. The van der Waals surface area contributed by atoms with Gasteiger partial charge < -0.3 is 15.9 Å². The smallest absolute Gasteiger partial charge is 0.320 e. The van der Waals surface area contributed by atoms with Gasteiger partial charge in [-0.25, -0.2) is 4.39 Å². The van der Waals surface area contributed by atoms with Crippen LogP contribution in [0.25, 0.3) is 0 Å². The lowest BCUT2D eigenvalue weighted by Gasteiger charge is -2.09. The Morgan fingerprint density at radius 1 is 1.60 bits per heavy atom. The molecular formula is C10H12FNO3. The van der Waals surface area contributed by atoms with Crippen molar-refractivity contribution in [1.82, 2.24) is 0 Å². The quantitative estimate of drug-likeness (QED) is 0.693. The van der Waals surface area contributed by atoms with Crippen molar-refractivity contribution in [2.45, 2.75) is 19.4 Å². The maximum absolute atomic E-state index is 13.1. The first-order valence-electron chi connectivity index (χ1n) is 4.38. The van der Waals surface area contributed by atoms with Crippen LogP contribution >= 0.6 is 0 Å². The van der Waals surface area contributed by atoms with E-state index in [0.717, 1.165) is 6.07 Å². The Bertz CT molecular complexity index is 392. The van der Waals surface area contributed by atoms with Crippen molar-refractivity contribution in [3.05, 3.63) is 29.1 Å². The third kappa shape index (κ3) is 2.66. The Morgan fingerprint density at radius 2 is 2.20 bits per heavy atom. The highest BCUT2D eigenvalue weighted by atomic mass is 19.1. The average molecular weight is 213 g/mol. The Morgan fingerprint density at radius 3 is 2.73 bits per heavy atom. The molecule has 4 nitrogen and oxygen atoms in total. The Kier molecular flexibility index (Phi) is 3.26. The van der Waals surface area contributed by atoms with Crippen LogP contribution in [-0.2, 0) is 11.2 Å². The van der Waals surface area contributed by atoms with Crippen molar-refractivity contribution < 1.29 is 19.4 Å². The molecule has 5 heteroatoms. The molecule has 0 bridgehead atoms. The molecule has 0 saturated heterocycles. The van der Waals surface area contributed by atoms with E-state index in [-0.39, 0.29) is 17.7 Å². The number of nitrogens with two attached hydrogens (primary N) is 1. The highest BCUT2D eigenvalue weighted by Gasteiger charge is 2.15. The number of hydrogen-bond donors (Lipinski definition) is 3. The van der Waals surface area contributed by atoms with Gasteiger partial charge in [0.1, 0.15) is 17.6 Å². The fourth-order valence-corrected chi connectivity index (χ4v) is 1.20. The normalized spacial score (nSPS) is 12.5. The van der Waals surface area contributed by atoms with Crippen LogP contribution in [0.1, 0.15) is 11.1 Å². The maximum Gasteiger partial charge on any atom is 0.320 e. The second-order valence-electron chi connectivity index (χ2n) is 3.38. The van der Waals surface area contributed by atoms with E-state index >= 15 is 0 Å². The van der Waals surface area contributed by atoms with Gasteiger partial charge in [0.25, 0.3) is 0 Å². The fourth-order valence-electron chi connectivity index (χ4n) is 1.20. The standard InChI is InChI=1S/C10H12FNO3/c1-5-2-9(13)6(3-7(5)11)4-8(12)10(14)15/h2-3,8,13H,4,12H2,1H3,(H,14,15). The van der Waals surface area contributed by atoms with Crippen molar-refractivity contribution in [3.8, 4) is 5.75 Å². The van der Waals surface area contributed by atoms with Gasteiger partial charge in [0, 0.05) is 6.42 Å². The molecule has 15 heavy (non-hydrogen) atoms. The molecule has 1 rings (SSSR count). The van der Waals surface area contributed by atoms with Crippen LogP contribution in [0, 0.1) is 12.7 Å². The summed E-state index contributed by atoms with van der Waals surface area (Å²) in [5.41, 5.74) is 5.78. The summed E-state index contributed by atoms with van der Waals surface area (Å²) in [6.07, 6.45) is -0.0988. The van der Waals surface area contributed by atoms with Crippen LogP contribution in [0.3, 0.4) is 0 Å². The number of halogens is 1. The second-order valence-corrected chi connectivity index (χ2v) is 3.38. The van der Waals surface area contributed by atoms with Crippen LogP contribution in [0.5, 0.6) is 5.75 Å². The second kappa shape index (κ2) is 4.27. The summed E-state index contributed by atoms with van der Waals surface area (Å²) in [5.74, 6) is -1.80. The van der Waals surface area contributed by atoms with Crippen LogP contribution < -0.4 is 5.73 Å². The average Bonchev–Trinajstić information content (AvgIpc) is 2.13. The molecule has 0 aliphatic carbocycles. The van der Waals surface area contributed by atoms with E-state index in [1.807, 2.05) is 0 Å². The van der Waals surface area contributed by atoms with Crippen molar-refractivity contribution in [3.63, 3.8) is 0 Å². The number of carboxylic acid groups (broad SMARTS) is 1. The molecule has 1 atom stereocenters. The molecule has 0 heterocycles. The summed E-state index contributed by atoms with van der Waals surface area (Å²) in [5, 5.41) is 18.0. The molecule has 0 saturated carbocycles. The van der Waals surface area contributed by atoms with Crippen molar-refractivity contribution in [2.24, 2.45) is 5.73 Å². The molecule has 1 aromatic rings. The fraction of sp³-hybridized carbons (Fsp3) is 0.300. The molecule has 0 aromatic heterocycles. The first-order chi connectivity index (χ1) is 6.91. The van der Waals surface area contributed by atoms with Crippen molar-refractivity contribution in [2.75, 3.05) is 0 Å². The van der Waals surface area contributed by atoms with Gasteiger partial charge in [0.2, 0.25) is 0 Å². The number of carbonyl (C=O) groups is 1. The zero-order valence-corrected chi connectivity index (χ0v) is 8.20. The number of phenols is 1. The van der Waals surface area contributed by atoms with Gasteiger partial charge in [-0.2, -0.15) is 0 Å². The molecule has 0 spiro atoms. The lowest BCUT2D eigenvalue weighted by Crippen LogP contribution is -2.32. The Hall–Kier alpha value is -1.62. The molecule has 4 N–H and O–H groups in total. The summed E-state index contributed by atoms with van der Waals surface area (Å²) in [6.45, 7) is 1.51. The van der Waals surface area contributed by atoms with E-state index < -0.39 is 17.8 Å². The first kappa shape index (κ1) is 11.5. The molecule has 0 aliphatic rings. The van der Waals surface area contributed by atoms with E-state index in [2.05, 4.69) is 0 Å². The topological polar surface area (TPSA) is 83.5 Å². The van der Waals surface area contributed by atoms with Crippen LogP contribution in [0.4, 0.5) is 4.39 Å². The summed E-state index contributed by atoms with van der Waals surface area (Å²) in [7, 11) is 0. The van der Waals surface area contributed by atoms with Crippen LogP contribution in [0.15, 0.2) is 12.1 Å². The minimum atomic E-state index is -1.18. The van der Waals surface area contributed by atoms with Gasteiger partial charge in [0.05, 0.1) is 0 Å². The SMILES string of the molecule is Cc1cc(O)c(CC(N)C(=O)O)cc1F. The highest BCUT2D eigenvalue weighted by molar-refractivity contribution is 5.73. The zero-order valence-electron chi connectivity index (χ0n) is 8.20. The van der Waals surface area contributed by atoms with E-state index in [0.29, 0.717) is 5.56 Å². The van der Waals surface area contributed by atoms with Gasteiger partial charge in [-0.1, -0.05) is 0 Å². The molecule has 0 fully saturated rings. The van der Waals surface area contributed by atoms with Gasteiger partial charge >= 0.3 is 5.97 Å². The predicted molar refractivity (Wildman–Crippen MR) is 52.1 cm³/mol. The minimum Gasteiger partial charge on any atom is -0.508 e. The maximum atomic E-state index is 13.1. The summed E-state index contributed by atoms with van der Waals surface area (Å²) in [6, 6.07) is 1.21. The monoisotopic (exact) mass is 213 g/mol. The Balaban J connectivity index is 2.95. The summed E-state index contributed by atoms with van der Waals surface area (Å²) >= 11 is 0. The zero-order chi connectivity index (χ0) is 11.6. The predicted octanol–water partition coefficient (Wildman–Crippen LogP) is 0.794. The number of aryl methyl sites for hydroxylation is 1. The summed E-state index contributed by atoms with van der Waals surface area (Å²) in [4.78, 5) is 10.5. The van der Waals surface area contributed by atoms with Gasteiger partial charge in [-0.05, 0) is 30.2 Å². The lowest BCUT2D eigenvalue weighted by atomic mass is 10.0. The van der Waals surface area contributed by atoms with E-state index in [4.69, 9.17) is 10.8 Å². The van der Waals surface area contributed by atoms with E-state index in [1.165, 1.54) is 13.0 Å². The number of rotatable bonds is 3. The first-order valence-corrected chi connectivity index (χ1v) is 4.38. The third-order valence-corrected chi connectivity index (χ3v) is 2.12. The van der Waals surface area contributed by atoms with Gasteiger partial charge in [-0.15, -0.1) is 0 Å². The molecule has 0 radical (unpaired) electrons.